The van der Waals surface area contributed by atoms with Crippen LogP contribution in [0, 0.1) is 0 Å². The Hall–Kier alpha value is -4.70. The van der Waals surface area contributed by atoms with Crippen molar-refractivity contribution in [2.45, 2.75) is 31.5 Å². The van der Waals surface area contributed by atoms with Crippen LogP contribution in [-0.4, -0.2) is 75.9 Å². The van der Waals surface area contributed by atoms with E-state index >= 15 is 0 Å². The van der Waals surface area contributed by atoms with Crippen LogP contribution in [0.1, 0.15) is 23.1 Å². The van der Waals surface area contributed by atoms with Crippen molar-refractivity contribution >= 4 is 17.9 Å². The van der Waals surface area contributed by atoms with E-state index in [0.717, 1.165) is 33.8 Å². The highest BCUT2D eigenvalue weighted by Gasteiger charge is 2.36. The molecule has 0 unspecified atom stereocenters. The molecule has 4 bridgehead atoms. The van der Waals surface area contributed by atoms with Gasteiger partial charge in [0.05, 0.1) is 20.3 Å². The molecule has 2 N–H and O–H groups in total. The fourth-order valence-electron chi connectivity index (χ4n) is 5.79. The lowest BCUT2D eigenvalue weighted by Crippen LogP contribution is -2.45. The van der Waals surface area contributed by atoms with Crippen LogP contribution in [0.4, 0.5) is 0 Å². The molecule has 3 aromatic carbocycles. The van der Waals surface area contributed by atoms with Gasteiger partial charge in [0, 0.05) is 38.2 Å². The van der Waals surface area contributed by atoms with E-state index in [1.807, 2.05) is 54.6 Å². The van der Waals surface area contributed by atoms with Gasteiger partial charge in [0.25, 0.3) is 5.91 Å². The van der Waals surface area contributed by atoms with Crippen molar-refractivity contribution in [1.29, 1.82) is 0 Å². The molecule has 1 fully saturated rings. The lowest BCUT2D eigenvalue weighted by molar-refractivity contribution is -0.123. The molecule has 4 aliphatic heterocycles. The second kappa shape index (κ2) is 13.3. The first-order valence-electron chi connectivity index (χ1n) is 14.8. The number of ether oxygens (including phenoxy) is 5. The Morgan fingerprint density at radius 1 is 0.864 bits per heavy atom. The number of methoxy groups -OCH3 is 2. The molecule has 1 saturated heterocycles. The molecule has 0 spiro atoms. The predicted molar refractivity (Wildman–Crippen MR) is 164 cm³/mol. The summed E-state index contributed by atoms with van der Waals surface area (Å²) < 4.78 is 29.2. The van der Waals surface area contributed by atoms with Crippen LogP contribution < -0.4 is 34.3 Å². The molecule has 44 heavy (non-hydrogen) atoms. The summed E-state index contributed by atoms with van der Waals surface area (Å²) in [5.41, 5.74) is 3.98. The fourth-order valence-corrected chi connectivity index (χ4v) is 5.79. The van der Waals surface area contributed by atoms with Crippen molar-refractivity contribution in [3.63, 3.8) is 0 Å². The van der Waals surface area contributed by atoms with Gasteiger partial charge >= 0.3 is 0 Å². The van der Waals surface area contributed by atoms with E-state index in [4.69, 9.17) is 23.7 Å². The maximum Gasteiger partial charge on any atom is 0.258 e. The number of nitrogens with zero attached hydrogens (tertiary/aromatic N) is 1. The molecule has 4 aliphatic rings. The largest absolute Gasteiger partial charge is 0.493 e. The number of aryl methyl sites for hydroxylation is 1. The van der Waals surface area contributed by atoms with Gasteiger partial charge in [0.1, 0.15) is 18.5 Å². The van der Waals surface area contributed by atoms with E-state index in [2.05, 4.69) is 21.6 Å². The van der Waals surface area contributed by atoms with E-state index in [1.165, 1.54) is 0 Å². The third kappa shape index (κ3) is 6.92. The number of para-hydroxylation sites is 1. The molecule has 7 rings (SSSR count). The summed E-state index contributed by atoms with van der Waals surface area (Å²) >= 11 is 0. The van der Waals surface area contributed by atoms with Crippen molar-refractivity contribution in [1.82, 2.24) is 15.5 Å². The van der Waals surface area contributed by atoms with E-state index < -0.39 is 0 Å². The van der Waals surface area contributed by atoms with Gasteiger partial charge in [-0.25, -0.2) is 0 Å². The number of benzene rings is 3. The second-order valence-electron chi connectivity index (χ2n) is 11.2. The Balaban J connectivity index is 1.20. The van der Waals surface area contributed by atoms with Crippen LogP contribution in [0.2, 0.25) is 0 Å². The molecule has 0 aliphatic carbocycles. The lowest BCUT2D eigenvalue weighted by atomic mass is 10.1. The number of likely N-dealkylation sites (tertiary alicyclic amines) is 1. The zero-order valence-electron chi connectivity index (χ0n) is 25.0. The van der Waals surface area contributed by atoms with Crippen molar-refractivity contribution in [3.05, 3.63) is 82.9 Å². The minimum Gasteiger partial charge on any atom is -0.493 e. The Bertz CT molecular complexity index is 1540. The number of hydrogen-bond acceptors (Lipinski definition) is 8. The summed E-state index contributed by atoms with van der Waals surface area (Å²) in [6.07, 6.45) is 2.71. The van der Waals surface area contributed by atoms with Gasteiger partial charge in [-0.3, -0.25) is 14.5 Å². The molecule has 2 amide bonds. The molecule has 10 nitrogen and oxygen atoms in total. The Labute approximate surface area is 256 Å². The quantitative estimate of drug-likeness (QED) is 0.470. The maximum absolute atomic E-state index is 13.2. The Morgan fingerprint density at radius 2 is 1.68 bits per heavy atom. The number of carbonyl (C=O) groups is 2. The van der Waals surface area contributed by atoms with Crippen LogP contribution in [-0.2, 0) is 22.6 Å². The summed E-state index contributed by atoms with van der Waals surface area (Å²) in [6.45, 7) is 2.66. The molecule has 0 aromatic heterocycles. The van der Waals surface area contributed by atoms with Gasteiger partial charge in [-0.2, -0.15) is 0 Å². The number of rotatable bonds is 4. The predicted octanol–water partition coefficient (Wildman–Crippen LogP) is 3.37. The first-order chi connectivity index (χ1) is 21.5. The molecule has 4 heterocycles. The smallest absolute Gasteiger partial charge is 0.258 e. The minimum absolute atomic E-state index is 0.0578. The Kier molecular flexibility index (Phi) is 8.88. The summed E-state index contributed by atoms with van der Waals surface area (Å²) in [5, 5.41) is 6.12. The van der Waals surface area contributed by atoms with Crippen molar-refractivity contribution in [3.8, 4) is 28.7 Å². The highest BCUT2D eigenvalue weighted by atomic mass is 16.5. The van der Waals surface area contributed by atoms with Crippen LogP contribution >= 0.6 is 0 Å². The molecule has 10 heteroatoms. The molecule has 0 radical (unpaired) electrons. The first-order valence-corrected chi connectivity index (χ1v) is 14.8. The van der Waals surface area contributed by atoms with Crippen LogP contribution in [0.3, 0.4) is 0 Å². The zero-order chi connectivity index (χ0) is 30.5. The van der Waals surface area contributed by atoms with Crippen LogP contribution in [0.25, 0.3) is 6.08 Å². The number of hydrogen-bond donors (Lipinski definition) is 2. The normalized spacial score (nSPS) is 20.5. The van der Waals surface area contributed by atoms with Crippen molar-refractivity contribution in [2.75, 3.05) is 47.1 Å². The van der Waals surface area contributed by atoms with E-state index in [-0.39, 0.29) is 30.6 Å². The maximum atomic E-state index is 13.2. The van der Waals surface area contributed by atoms with Crippen LogP contribution in [0.15, 0.2) is 66.2 Å². The summed E-state index contributed by atoms with van der Waals surface area (Å²) in [6, 6.07) is 18.8. The van der Waals surface area contributed by atoms with E-state index in [9.17, 15) is 9.59 Å². The third-order valence-corrected chi connectivity index (χ3v) is 8.03. The molecule has 2 atom stereocenters. The average Bonchev–Trinajstić information content (AvgIpc) is 3.41. The third-order valence-electron chi connectivity index (χ3n) is 8.03. The number of amides is 2. The lowest BCUT2D eigenvalue weighted by Gasteiger charge is -2.23. The highest BCUT2D eigenvalue weighted by molar-refractivity contribution is 5.78. The van der Waals surface area contributed by atoms with Gasteiger partial charge in [-0.1, -0.05) is 30.3 Å². The molecule has 230 valence electrons. The van der Waals surface area contributed by atoms with Gasteiger partial charge in [0.2, 0.25) is 5.91 Å². The number of carbonyl (C=O) groups excluding carboxylic acids is 2. The highest BCUT2D eigenvalue weighted by Crippen LogP contribution is 2.36. The standard InChI is InChI=1S/C34H37N3O7/c1-40-28-12-8-22-9-13-32(38)36-27-18-37(17-24-14-25-4-3-5-29(41-2)34(25)43-20-24)19-31(27)44-26-10-6-23(7-11-26)16-35-33(39)21-42-30(28)15-22/h3-8,10-12,14-15,27,31H,9,13,16-21H2,1-2H3,(H,35,39)(H,36,38)/t27-,31-/m0/s1. The van der Waals surface area contributed by atoms with Gasteiger partial charge in [-0.15, -0.1) is 0 Å². The molecular formula is C34H37N3O7. The first kappa shape index (κ1) is 29.4. The summed E-state index contributed by atoms with van der Waals surface area (Å²) in [7, 11) is 3.19. The average molecular weight is 600 g/mol. The Morgan fingerprint density at radius 3 is 2.50 bits per heavy atom. The monoisotopic (exact) mass is 599 g/mol. The van der Waals surface area contributed by atoms with Gasteiger partial charge < -0.3 is 34.3 Å². The molecule has 0 saturated carbocycles. The fraction of sp³-hybridized carbons (Fsp3) is 0.353. The van der Waals surface area contributed by atoms with Gasteiger partial charge in [-0.05, 0) is 59.5 Å². The number of nitrogens with one attached hydrogen (secondary N) is 2. The summed E-state index contributed by atoms with van der Waals surface area (Å²) in [4.78, 5) is 28.0. The topological polar surface area (TPSA) is 108 Å². The minimum atomic E-state index is -0.245. The van der Waals surface area contributed by atoms with E-state index in [1.54, 1.807) is 20.3 Å². The summed E-state index contributed by atoms with van der Waals surface area (Å²) in [5.74, 6) is 2.87. The molecular weight excluding hydrogens is 562 g/mol. The van der Waals surface area contributed by atoms with Crippen molar-refractivity contribution in [2.24, 2.45) is 0 Å². The van der Waals surface area contributed by atoms with Crippen LogP contribution in [0.5, 0.6) is 28.7 Å². The van der Waals surface area contributed by atoms with Crippen molar-refractivity contribution < 1.29 is 33.3 Å². The number of fused-ring (bicyclic) bond motifs is 10. The second-order valence-corrected chi connectivity index (χ2v) is 11.2. The molecule has 3 aromatic rings. The van der Waals surface area contributed by atoms with E-state index in [0.29, 0.717) is 62.9 Å². The zero-order valence-corrected chi connectivity index (χ0v) is 25.0. The SMILES string of the molecule is COc1ccc2cc1OCC(=O)NCc1ccc(cc1)O[C@H]1CN(CC3=Cc4cccc(OC)c4OC3)C[C@@H]1NC(=O)CC2. The van der Waals surface area contributed by atoms with Gasteiger partial charge in [0.15, 0.2) is 29.6 Å².